The zero-order valence-electron chi connectivity index (χ0n) is 14.2. The van der Waals surface area contributed by atoms with Gasteiger partial charge < -0.3 is 10.6 Å². The first-order chi connectivity index (χ1) is 11.4. The van der Waals surface area contributed by atoms with Crippen LogP contribution in [-0.4, -0.2) is 31.3 Å². The second-order valence-corrected chi connectivity index (χ2v) is 7.19. The van der Waals surface area contributed by atoms with Gasteiger partial charge in [0.05, 0.1) is 5.92 Å². The van der Waals surface area contributed by atoms with E-state index in [4.69, 9.17) is 0 Å². The summed E-state index contributed by atoms with van der Waals surface area (Å²) >= 11 is 1.67. The van der Waals surface area contributed by atoms with Crippen molar-refractivity contribution in [2.45, 2.75) is 57.7 Å². The predicted molar refractivity (Wildman–Crippen MR) is 93.6 cm³/mol. The largest absolute Gasteiger partial charge is 0.391 e. The molecule has 2 rings (SSSR count). The number of halogens is 3. The van der Waals surface area contributed by atoms with Gasteiger partial charge in [-0.1, -0.05) is 6.92 Å². The molecule has 7 heteroatoms. The van der Waals surface area contributed by atoms with E-state index >= 15 is 0 Å². The topological polar surface area (TPSA) is 36.4 Å². The fraction of sp³-hybridized carbons (Fsp3) is 0.706. The number of rotatable bonds is 5. The van der Waals surface area contributed by atoms with Crippen molar-refractivity contribution >= 4 is 17.3 Å². The first-order valence-electron chi connectivity index (χ1n) is 8.53. The maximum atomic E-state index is 12.7. The molecule has 0 spiro atoms. The van der Waals surface area contributed by atoms with E-state index in [0.717, 1.165) is 6.54 Å². The van der Waals surface area contributed by atoms with Gasteiger partial charge in [-0.25, -0.2) is 0 Å². The molecule has 1 aliphatic carbocycles. The number of nitrogens with one attached hydrogen (secondary N) is 2. The standard InChI is InChI=1S/C17H26F3N3S/c1-3-21-16(22-10-12(2)13-8-9-24-11-13)23-15-6-4-14(5-7-15)17(18,19)20/h8-9,11-12,14-15H,3-7,10H2,1-2H3,(H2,21,22,23). The third kappa shape index (κ3) is 5.69. The van der Waals surface area contributed by atoms with E-state index in [1.807, 2.05) is 6.92 Å². The Morgan fingerprint density at radius 3 is 2.58 bits per heavy atom. The summed E-state index contributed by atoms with van der Waals surface area (Å²) in [5.74, 6) is -0.114. The number of thiophene rings is 1. The lowest BCUT2D eigenvalue weighted by Gasteiger charge is -2.31. The van der Waals surface area contributed by atoms with Gasteiger partial charge in [-0.3, -0.25) is 4.99 Å². The van der Waals surface area contributed by atoms with Gasteiger partial charge in [0.25, 0.3) is 0 Å². The van der Waals surface area contributed by atoms with Crippen molar-refractivity contribution in [3.05, 3.63) is 22.4 Å². The summed E-state index contributed by atoms with van der Waals surface area (Å²) in [5.41, 5.74) is 1.27. The zero-order valence-corrected chi connectivity index (χ0v) is 15.0. The lowest BCUT2D eigenvalue weighted by molar-refractivity contribution is -0.182. The van der Waals surface area contributed by atoms with Crippen LogP contribution in [0.4, 0.5) is 13.2 Å². The van der Waals surface area contributed by atoms with Crippen molar-refractivity contribution in [2.75, 3.05) is 13.1 Å². The molecule has 3 nitrogen and oxygen atoms in total. The van der Waals surface area contributed by atoms with Crippen LogP contribution < -0.4 is 10.6 Å². The van der Waals surface area contributed by atoms with Crippen LogP contribution >= 0.6 is 11.3 Å². The van der Waals surface area contributed by atoms with Crippen LogP contribution in [0.2, 0.25) is 0 Å². The molecule has 1 aromatic heterocycles. The summed E-state index contributed by atoms with van der Waals surface area (Å²) < 4.78 is 38.2. The van der Waals surface area contributed by atoms with Crippen molar-refractivity contribution in [3.8, 4) is 0 Å². The Bertz CT molecular complexity index is 506. The predicted octanol–water partition coefficient (Wildman–Crippen LogP) is 4.53. The van der Waals surface area contributed by atoms with E-state index in [1.54, 1.807) is 11.3 Å². The Hall–Kier alpha value is -1.24. The Kier molecular flexibility index (Phi) is 6.95. The number of alkyl halides is 3. The van der Waals surface area contributed by atoms with E-state index in [9.17, 15) is 13.2 Å². The average molecular weight is 361 g/mol. The van der Waals surface area contributed by atoms with E-state index < -0.39 is 12.1 Å². The molecule has 0 bridgehead atoms. The van der Waals surface area contributed by atoms with Gasteiger partial charge in [0, 0.05) is 25.0 Å². The van der Waals surface area contributed by atoms with Gasteiger partial charge in [-0.05, 0) is 55.0 Å². The molecule has 1 heterocycles. The molecular weight excluding hydrogens is 335 g/mol. The number of aliphatic imine (C=N–C) groups is 1. The molecule has 0 aromatic carbocycles. The quantitative estimate of drug-likeness (QED) is 0.597. The van der Waals surface area contributed by atoms with Crippen LogP contribution in [0, 0.1) is 5.92 Å². The summed E-state index contributed by atoms with van der Waals surface area (Å²) in [7, 11) is 0. The molecule has 1 unspecified atom stereocenters. The van der Waals surface area contributed by atoms with Crippen LogP contribution in [0.5, 0.6) is 0 Å². The monoisotopic (exact) mass is 361 g/mol. The Morgan fingerprint density at radius 1 is 1.33 bits per heavy atom. The molecule has 0 aliphatic heterocycles. The maximum Gasteiger partial charge on any atom is 0.391 e. The fourth-order valence-electron chi connectivity index (χ4n) is 2.97. The van der Waals surface area contributed by atoms with Crippen molar-refractivity contribution in [3.63, 3.8) is 0 Å². The van der Waals surface area contributed by atoms with Gasteiger partial charge in [0.15, 0.2) is 5.96 Å². The lowest BCUT2D eigenvalue weighted by Crippen LogP contribution is -2.46. The smallest absolute Gasteiger partial charge is 0.357 e. The zero-order chi connectivity index (χ0) is 17.6. The normalized spacial score (nSPS) is 23.8. The minimum Gasteiger partial charge on any atom is -0.357 e. The average Bonchev–Trinajstić information content (AvgIpc) is 3.06. The second-order valence-electron chi connectivity index (χ2n) is 6.41. The van der Waals surface area contributed by atoms with E-state index in [2.05, 4.69) is 39.4 Å². The lowest BCUT2D eigenvalue weighted by atomic mass is 9.85. The fourth-order valence-corrected chi connectivity index (χ4v) is 3.75. The molecule has 1 saturated carbocycles. The Morgan fingerprint density at radius 2 is 2.04 bits per heavy atom. The third-order valence-corrected chi connectivity index (χ3v) is 5.21. The first-order valence-corrected chi connectivity index (χ1v) is 9.48. The molecule has 1 aromatic rings. The minimum atomic E-state index is -4.06. The number of guanidine groups is 1. The molecule has 24 heavy (non-hydrogen) atoms. The number of hydrogen-bond acceptors (Lipinski definition) is 2. The van der Waals surface area contributed by atoms with Gasteiger partial charge in [0.2, 0.25) is 0 Å². The van der Waals surface area contributed by atoms with Crippen molar-refractivity contribution in [2.24, 2.45) is 10.9 Å². The summed E-state index contributed by atoms with van der Waals surface area (Å²) in [6.07, 6.45) is -2.58. The molecule has 136 valence electrons. The summed E-state index contributed by atoms with van der Waals surface area (Å²) in [6.45, 7) is 5.50. The van der Waals surface area contributed by atoms with Gasteiger partial charge in [-0.15, -0.1) is 0 Å². The highest BCUT2D eigenvalue weighted by Crippen LogP contribution is 2.37. The Labute approximate surface area is 145 Å². The molecule has 0 saturated heterocycles. The van der Waals surface area contributed by atoms with E-state index in [1.165, 1.54) is 5.56 Å². The van der Waals surface area contributed by atoms with Crippen LogP contribution in [0.15, 0.2) is 21.8 Å². The molecular formula is C17H26F3N3S. The van der Waals surface area contributed by atoms with E-state index in [0.29, 0.717) is 31.3 Å². The highest BCUT2D eigenvalue weighted by Gasteiger charge is 2.41. The van der Waals surface area contributed by atoms with Crippen molar-refractivity contribution < 1.29 is 13.2 Å². The maximum absolute atomic E-state index is 12.7. The summed E-state index contributed by atoms with van der Waals surface area (Å²) in [6, 6.07) is 2.17. The number of nitrogens with zero attached hydrogens (tertiary/aromatic N) is 1. The molecule has 1 aliphatic rings. The molecule has 0 radical (unpaired) electrons. The molecule has 1 fully saturated rings. The molecule has 0 amide bonds. The van der Waals surface area contributed by atoms with Crippen molar-refractivity contribution in [1.82, 2.24) is 10.6 Å². The SMILES string of the molecule is CCNC(=NCC(C)c1ccsc1)NC1CCC(C(F)(F)F)CC1. The summed E-state index contributed by atoms with van der Waals surface area (Å²) in [4.78, 5) is 4.61. The Balaban J connectivity index is 1.86. The van der Waals surface area contributed by atoms with Gasteiger partial charge in [0.1, 0.15) is 0 Å². The number of hydrogen-bond donors (Lipinski definition) is 2. The van der Waals surface area contributed by atoms with Gasteiger partial charge in [-0.2, -0.15) is 24.5 Å². The van der Waals surface area contributed by atoms with Crippen LogP contribution in [0.1, 0.15) is 51.0 Å². The van der Waals surface area contributed by atoms with Crippen LogP contribution in [-0.2, 0) is 0 Å². The molecule has 1 atom stereocenters. The summed E-state index contributed by atoms with van der Waals surface area (Å²) in [5, 5.41) is 10.7. The van der Waals surface area contributed by atoms with Crippen LogP contribution in [0.25, 0.3) is 0 Å². The molecule has 2 N–H and O–H groups in total. The third-order valence-electron chi connectivity index (χ3n) is 4.51. The first kappa shape index (κ1) is 19.1. The van der Waals surface area contributed by atoms with Gasteiger partial charge >= 0.3 is 6.18 Å². The highest BCUT2D eigenvalue weighted by atomic mass is 32.1. The highest BCUT2D eigenvalue weighted by molar-refractivity contribution is 7.07. The van der Waals surface area contributed by atoms with Crippen molar-refractivity contribution in [1.29, 1.82) is 0 Å². The second kappa shape index (κ2) is 8.74. The van der Waals surface area contributed by atoms with Crippen LogP contribution in [0.3, 0.4) is 0 Å². The van der Waals surface area contributed by atoms with E-state index in [-0.39, 0.29) is 18.9 Å². The minimum absolute atomic E-state index is 0.0675.